The van der Waals surface area contributed by atoms with Gasteiger partial charge in [-0.1, -0.05) is 11.6 Å². The third-order valence-electron chi connectivity index (χ3n) is 1.20. The quantitative estimate of drug-likeness (QED) is 0.599. The maximum Gasteiger partial charge on any atom is 0.312 e. The van der Waals surface area contributed by atoms with E-state index in [0.717, 1.165) is 5.57 Å². The molecule has 10 heavy (non-hydrogen) atoms. The molecule has 0 aromatic carbocycles. The highest BCUT2D eigenvalue weighted by Gasteiger charge is 2.23. The Balaban J connectivity index is 4.42. The summed E-state index contributed by atoms with van der Waals surface area (Å²) in [4.78, 5) is 10.5. The van der Waals surface area contributed by atoms with E-state index in [1.165, 1.54) is 0 Å². The van der Waals surface area contributed by atoms with Crippen molar-refractivity contribution in [3.8, 4) is 0 Å². The van der Waals surface area contributed by atoms with Crippen LogP contribution in [0.4, 0.5) is 0 Å². The molecule has 1 N–H and O–H groups in total. The van der Waals surface area contributed by atoms with Crippen LogP contribution in [0.3, 0.4) is 0 Å². The molecule has 2 nitrogen and oxygen atoms in total. The Kier molecular flexibility index (Phi) is 2.64. The first-order chi connectivity index (χ1) is 4.36. The van der Waals surface area contributed by atoms with Gasteiger partial charge in [0, 0.05) is 0 Å². The summed E-state index contributed by atoms with van der Waals surface area (Å²) < 4.78 is 0. The third-order valence-corrected chi connectivity index (χ3v) is 1.20. The van der Waals surface area contributed by atoms with Gasteiger partial charge >= 0.3 is 5.97 Å². The van der Waals surface area contributed by atoms with Crippen molar-refractivity contribution in [1.29, 1.82) is 0 Å². The molecule has 0 unspecified atom stereocenters. The first-order valence-electron chi connectivity index (χ1n) is 3.26. The molecule has 0 atom stereocenters. The summed E-state index contributed by atoms with van der Waals surface area (Å²) in [5, 5.41) is 8.65. The van der Waals surface area contributed by atoms with E-state index >= 15 is 0 Å². The second kappa shape index (κ2) is 2.86. The molecule has 0 saturated carbocycles. The third kappa shape index (κ3) is 2.67. The fraction of sp³-hybridized carbons (Fsp3) is 0.625. The molecule has 0 heterocycles. The van der Waals surface area contributed by atoms with Crippen LogP contribution in [0.2, 0.25) is 0 Å². The van der Waals surface area contributed by atoms with Crippen LogP contribution in [0.5, 0.6) is 0 Å². The minimum Gasteiger partial charge on any atom is -0.481 e. The molecule has 58 valence electrons. The maximum absolute atomic E-state index is 10.5. The van der Waals surface area contributed by atoms with Crippen LogP contribution >= 0.6 is 0 Å². The summed E-state index contributed by atoms with van der Waals surface area (Å²) in [6, 6.07) is 0. The molecular formula is C8H14O2. The lowest BCUT2D eigenvalue weighted by Gasteiger charge is -2.13. The minimum atomic E-state index is -0.784. The molecule has 0 rings (SSSR count). The number of carbonyl (C=O) groups is 1. The number of hydrogen-bond acceptors (Lipinski definition) is 1. The average molecular weight is 142 g/mol. The number of aliphatic carboxylic acids is 1. The smallest absolute Gasteiger partial charge is 0.312 e. The van der Waals surface area contributed by atoms with Gasteiger partial charge in [0.2, 0.25) is 0 Å². The lowest BCUT2D eigenvalue weighted by Crippen LogP contribution is -2.20. The summed E-state index contributed by atoms with van der Waals surface area (Å²) in [5.41, 5.74) is 0.311. The van der Waals surface area contributed by atoms with Crippen LogP contribution < -0.4 is 0 Å². The maximum atomic E-state index is 10.5. The van der Waals surface area contributed by atoms with E-state index in [4.69, 9.17) is 5.11 Å². The zero-order valence-corrected chi connectivity index (χ0v) is 6.93. The van der Waals surface area contributed by atoms with E-state index in [1.54, 1.807) is 19.9 Å². The van der Waals surface area contributed by atoms with Gasteiger partial charge < -0.3 is 5.11 Å². The van der Waals surface area contributed by atoms with Crippen molar-refractivity contribution >= 4 is 5.97 Å². The topological polar surface area (TPSA) is 37.3 Å². The van der Waals surface area contributed by atoms with Gasteiger partial charge in [-0.3, -0.25) is 4.79 Å². The number of carboxylic acid groups (broad SMARTS) is 1. The summed E-state index contributed by atoms with van der Waals surface area (Å²) in [7, 11) is 0. The van der Waals surface area contributed by atoms with Crippen molar-refractivity contribution in [3.05, 3.63) is 11.6 Å². The van der Waals surface area contributed by atoms with Gasteiger partial charge in [0.1, 0.15) is 0 Å². The fourth-order valence-electron chi connectivity index (χ4n) is 0.783. The molecule has 0 aromatic rings. The second-order valence-electron chi connectivity index (χ2n) is 3.25. The van der Waals surface area contributed by atoms with E-state index in [1.807, 2.05) is 13.8 Å². The van der Waals surface area contributed by atoms with Gasteiger partial charge in [-0.2, -0.15) is 0 Å². The normalized spacial score (nSPS) is 10.8. The molecule has 0 saturated heterocycles. The lowest BCUT2D eigenvalue weighted by molar-refractivity contribution is -0.144. The molecule has 0 bridgehead atoms. The van der Waals surface area contributed by atoms with Crippen molar-refractivity contribution in [2.45, 2.75) is 27.7 Å². The van der Waals surface area contributed by atoms with Crippen LogP contribution in [-0.2, 0) is 4.79 Å². The van der Waals surface area contributed by atoms with Crippen molar-refractivity contribution in [2.24, 2.45) is 5.41 Å². The first-order valence-corrected chi connectivity index (χ1v) is 3.26. The van der Waals surface area contributed by atoms with Crippen molar-refractivity contribution < 1.29 is 9.90 Å². The second-order valence-corrected chi connectivity index (χ2v) is 3.25. The van der Waals surface area contributed by atoms with Crippen LogP contribution in [0, 0.1) is 5.41 Å². The predicted molar refractivity (Wildman–Crippen MR) is 40.8 cm³/mol. The molecule has 2 heteroatoms. The SMILES string of the molecule is CC(C)=CC(C)(C)C(=O)O. The molecule has 0 aromatic heterocycles. The largest absolute Gasteiger partial charge is 0.481 e. The molecule has 0 amide bonds. The van der Waals surface area contributed by atoms with Crippen LogP contribution in [0.25, 0.3) is 0 Å². The van der Waals surface area contributed by atoms with Gasteiger partial charge in [0.05, 0.1) is 5.41 Å². The van der Waals surface area contributed by atoms with Crippen molar-refractivity contribution in [1.82, 2.24) is 0 Å². The zero-order valence-electron chi connectivity index (χ0n) is 6.93. The average Bonchev–Trinajstić information content (AvgIpc) is 1.60. The molecule has 0 aliphatic heterocycles. The molecule has 0 aliphatic rings. The van der Waals surface area contributed by atoms with Crippen molar-refractivity contribution in [3.63, 3.8) is 0 Å². The van der Waals surface area contributed by atoms with E-state index in [9.17, 15) is 4.79 Å². The molecule has 0 radical (unpaired) electrons. The van der Waals surface area contributed by atoms with Gasteiger partial charge in [-0.15, -0.1) is 0 Å². The van der Waals surface area contributed by atoms with E-state index < -0.39 is 11.4 Å². The summed E-state index contributed by atoms with van der Waals surface area (Å²) in [5.74, 6) is -0.784. The van der Waals surface area contributed by atoms with Crippen LogP contribution in [0.1, 0.15) is 27.7 Å². The first kappa shape index (κ1) is 9.21. The molecule has 0 fully saturated rings. The highest BCUT2D eigenvalue weighted by Crippen LogP contribution is 2.18. The Morgan fingerprint density at radius 2 is 1.80 bits per heavy atom. The van der Waals surface area contributed by atoms with Crippen LogP contribution in [-0.4, -0.2) is 11.1 Å². The predicted octanol–water partition coefficient (Wildman–Crippen LogP) is 2.06. The summed E-state index contributed by atoms with van der Waals surface area (Å²) in [6.45, 7) is 7.15. The van der Waals surface area contributed by atoms with E-state index in [2.05, 4.69) is 0 Å². The minimum absolute atomic E-state index is 0.723. The highest BCUT2D eigenvalue weighted by atomic mass is 16.4. The Bertz CT molecular complexity index is 162. The van der Waals surface area contributed by atoms with Gasteiger partial charge in [0.15, 0.2) is 0 Å². The van der Waals surface area contributed by atoms with Crippen LogP contribution in [0.15, 0.2) is 11.6 Å². The standard InChI is InChI=1S/C8H14O2/c1-6(2)5-8(3,4)7(9)10/h5H,1-4H3,(H,9,10). The lowest BCUT2D eigenvalue weighted by atomic mass is 9.92. The highest BCUT2D eigenvalue weighted by molar-refractivity contribution is 5.76. The van der Waals surface area contributed by atoms with Gasteiger partial charge in [0.25, 0.3) is 0 Å². The van der Waals surface area contributed by atoms with E-state index in [0.29, 0.717) is 0 Å². The number of carboxylic acids is 1. The molecular weight excluding hydrogens is 128 g/mol. The molecule has 0 spiro atoms. The fourth-order valence-corrected chi connectivity index (χ4v) is 0.783. The number of allylic oxidation sites excluding steroid dienone is 1. The van der Waals surface area contributed by atoms with E-state index in [-0.39, 0.29) is 0 Å². The number of hydrogen-bond donors (Lipinski definition) is 1. The summed E-state index contributed by atoms with van der Waals surface area (Å²) >= 11 is 0. The van der Waals surface area contributed by atoms with Gasteiger partial charge in [-0.25, -0.2) is 0 Å². The Morgan fingerprint density at radius 1 is 1.40 bits per heavy atom. The Morgan fingerprint density at radius 3 is 1.90 bits per heavy atom. The molecule has 0 aliphatic carbocycles. The van der Waals surface area contributed by atoms with Gasteiger partial charge in [-0.05, 0) is 27.7 Å². The van der Waals surface area contributed by atoms with Crippen molar-refractivity contribution in [2.75, 3.05) is 0 Å². The Labute approximate surface area is 61.6 Å². The monoisotopic (exact) mass is 142 g/mol. The summed E-state index contributed by atoms with van der Waals surface area (Å²) in [6.07, 6.45) is 1.75. The number of rotatable bonds is 2. The Hall–Kier alpha value is -0.790. The zero-order chi connectivity index (χ0) is 8.36.